The van der Waals surface area contributed by atoms with Crippen LogP contribution in [0, 0.1) is 13.8 Å². The molecule has 168 valence electrons. The molecule has 2 heterocycles. The average Bonchev–Trinajstić information content (AvgIpc) is 3.37. The number of benzene rings is 3. The molecule has 1 fully saturated rings. The number of nitrogens with zero attached hydrogens (tertiary/aromatic N) is 3. The predicted molar refractivity (Wildman–Crippen MR) is 135 cm³/mol. The number of halogens is 1. The van der Waals surface area contributed by atoms with Gasteiger partial charge in [0.05, 0.1) is 17.6 Å². The van der Waals surface area contributed by atoms with E-state index >= 15 is 0 Å². The number of rotatable bonds is 6. The van der Waals surface area contributed by atoms with Gasteiger partial charge in [-0.25, -0.2) is 4.98 Å². The summed E-state index contributed by atoms with van der Waals surface area (Å²) in [6, 6.07) is 22.3. The lowest BCUT2D eigenvalue weighted by Crippen LogP contribution is -2.24. The van der Waals surface area contributed by atoms with Crippen molar-refractivity contribution in [2.45, 2.75) is 32.7 Å². The first-order chi connectivity index (χ1) is 16.0. The molecule has 1 atom stereocenters. The second kappa shape index (κ2) is 9.02. The Morgan fingerprint density at radius 2 is 1.85 bits per heavy atom. The molecule has 0 saturated carbocycles. The second-order valence-electron chi connectivity index (χ2n) is 8.61. The fourth-order valence-electron chi connectivity index (χ4n) is 4.50. The minimum absolute atomic E-state index is 0.0363. The first kappa shape index (κ1) is 21.7. The SMILES string of the molecule is Cc1ccc(C)c(OCCn2c(C3CC(=O)N(c4ccc(Br)cc4)C3)nc3ccccc32)c1. The van der Waals surface area contributed by atoms with E-state index in [4.69, 9.17) is 9.72 Å². The van der Waals surface area contributed by atoms with Crippen molar-refractivity contribution < 1.29 is 9.53 Å². The van der Waals surface area contributed by atoms with Crippen LogP contribution in [0.15, 0.2) is 71.2 Å². The Balaban J connectivity index is 1.40. The van der Waals surface area contributed by atoms with Gasteiger partial charge >= 0.3 is 0 Å². The number of para-hydroxylation sites is 2. The number of hydrogen-bond donors (Lipinski definition) is 0. The number of anilines is 1. The van der Waals surface area contributed by atoms with Gasteiger partial charge in [0, 0.05) is 29.0 Å². The van der Waals surface area contributed by atoms with E-state index in [1.807, 2.05) is 47.4 Å². The van der Waals surface area contributed by atoms with Crippen LogP contribution in [-0.4, -0.2) is 28.6 Å². The van der Waals surface area contributed by atoms with Crippen molar-refractivity contribution in [3.8, 4) is 5.75 Å². The van der Waals surface area contributed by atoms with Crippen LogP contribution in [0.4, 0.5) is 5.69 Å². The van der Waals surface area contributed by atoms with Crippen LogP contribution in [0.25, 0.3) is 11.0 Å². The Kier molecular flexibility index (Phi) is 5.94. The van der Waals surface area contributed by atoms with Gasteiger partial charge in [0.15, 0.2) is 0 Å². The zero-order valence-electron chi connectivity index (χ0n) is 18.8. The van der Waals surface area contributed by atoms with E-state index in [1.54, 1.807) is 0 Å². The van der Waals surface area contributed by atoms with Crippen LogP contribution in [0.3, 0.4) is 0 Å². The summed E-state index contributed by atoms with van der Waals surface area (Å²) in [6.07, 6.45) is 0.456. The van der Waals surface area contributed by atoms with Gasteiger partial charge in [-0.05, 0) is 67.4 Å². The largest absolute Gasteiger partial charge is 0.491 e. The third-order valence-electron chi connectivity index (χ3n) is 6.23. The summed E-state index contributed by atoms with van der Waals surface area (Å²) >= 11 is 3.47. The number of aromatic nitrogens is 2. The first-order valence-electron chi connectivity index (χ1n) is 11.2. The lowest BCUT2D eigenvalue weighted by molar-refractivity contribution is -0.117. The highest BCUT2D eigenvalue weighted by atomic mass is 79.9. The van der Waals surface area contributed by atoms with Crippen LogP contribution >= 0.6 is 15.9 Å². The van der Waals surface area contributed by atoms with Crippen molar-refractivity contribution in [1.82, 2.24) is 9.55 Å². The molecule has 3 aromatic carbocycles. The Bertz CT molecular complexity index is 1310. The van der Waals surface area contributed by atoms with Crippen molar-refractivity contribution in [2.24, 2.45) is 0 Å². The topological polar surface area (TPSA) is 47.4 Å². The van der Waals surface area contributed by atoms with Crippen molar-refractivity contribution in [2.75, 3.05) is 18.1 Å². The highest BCUT2D eigenvalue weighted by molar-refractivity contribution is 9.10. The summed E-state index contributed by atoms with van der Waals surface area (Å²) < 4.78 is 9.38. The maximum Gasteiger partial charge on any atom is 0.227 e. The summed E-state index contributed by atoms with van der Waals surface area (Å²) in [4.78, 5) is 19.7. The molecular weight excluding hydrogens is 478 g/mol. The molecule has 0 aliphatic carbocycles. The molecule has 0 spiro atoms. The van der Waals surface area contributed by atoms with Crippen molar-refractivity contribution in [3.63, 3.8) is 0 Å². The molecule has 5 nitrogen and oxygen atoms in total. The third kappa shape index (κ3) is 4.40. The van der Waals surface area contributed by atoms with E-state index in [2.05, 4.69) is 58.6 Å². The van der Waals surface area contributed by atoms with Crippen LogP contribution < -0.4 is 9.64 Å². The van der Waals surface area contributed by atoms with Gasteiger partial charge in [-0.3, -0.25) is 4.79 Å². The summed E-state index contributed by atoms with van der Waals surface area (Å²) in [7, 11) is 0. The van der Waals surface area contributed by atoms with Crippen LogP contribution in [0.5, 0.6) is 5.75 Å². The van der Waals surface area contributed by atoms with Crippen molar-refractivity contribution >= 4 is 38.6 Å². The van der Waals surface area contributed by atoms with Gasteiger partial charge in [0.25, 0.3) is 0 Å². The number of carbonyl (C=O) groups excluding carboxylic acids is 1. The highest BCUT2D eigenvalue weighted by Gasteiger charge is 2.34. The fraction of sp³-hybridized carbons (Fsp3) is 0.259. The number of hydrogen-bond acceptors (Lipinski definition) is 3. The fourth-order valence-corrected chi connectivity index (χ4v) is 4.77. The molecule has 1 saturated heterocycles. The zero-order valence-corrected chi connectivity index (χ0v) is 20.4. The molecule has 5 rings (SSSR count). The normalized spacial score (nSPS) is 16.0. The number of aryl methyl sites for hydroxylation is 2. The molecule has 1 aromatic heterocycles. The Morgan fingerprint density at radius 3 is 2.67 bits per heavy atom. The molecule has 1 aliphatic rings. The van der Waals surface area contributed by atoms with E-state index in [1.165, 1.54) is 5.56 Å². The molecule has 0 radical (unpaired) electrons. The van der Waals surface area contributed by atoms with Crippen molar-refractivity contribution in [1.29, 1.82) is 0 Å². The molecule has 4 aromatic rings. The van der Waals surface area contributed by atoms with Gasteiger partial charge in [0.2, 0.25) is 5.91 Å². The lowest BCUT2D eigenvalue weighted by atomic mass is 10.1. The van der Waals surface area contributed by atoms with E-state index in [0.717, 1.165) is 38.3 Å². The number of ether oxygens (including phenoxy) is 1. The maximum absolute atomic E-state index is 12.9. The number of fused-ring (bicyclic) bond motifs is 1. The van der Waals surface area contributed by atoms with Crippen molar-refractivity contribution in [3.05, 3.63) is 88.2 Å². The minimum atomic E-state index is 0.0363. The predicted octanol–water partition coefficient (Wildman–Crippen LogP) is 6.02. The zero-order chi connectivity index (χ0) is 22.9. The summed E-state index contributed by atoms with van der Waals surface area (Å²) in [6.45, 7) is 5.97. The summed E-state index contributed by atoms with van der Waals surface area (Å²) in [5.74, 6) is 2.04. The molecule has 1 unspecified atom stereocenters. The van der Waals surface area contributed by atoms with Gasteiger partial charge in [-0.2, -0.15) is 0 Å². The molecular formula is C27H26BrN3O2. The van der Waals surface area contributed by atoms with E-state index in [-0.39, 0.29) is 11.8 Å². The van der Waals surface area contributed by atoms with Crippen LogP contribution in [0.1, 0.15) is 29.3 Å². The Morgan fingerprint density at radius 1 is 1.06 bits per heavy atom. The van der Waals surface area contributed by atoms with E-state index in [0.29, 0.717) is 26.1 Å². The van der Waals surface area contributed by atoms with E-state index in [9.17, 15) is 4.79 Å². The standard InChI is InChI=1S/C27H26BrN3O2/c1-18-7-8-19(2)25(15-18)33-14-13-30-24-6-4-3-5-23(24)29-27(30)20-16-26(32)31(17-20)22-11-9-21(28)10-12-22/h3-12,15,20H,13-14,16-17H2,1-2H3. The molecule has 0 bridgehead atoms. The van der Waals surface area contributed by atoms with Gasteiger partial charge in [-0.1, -0.05) is 40.2 Å². The second-order valence-corrected chi connectivity index (χ2v) is 9.53. The highest BCUT2D eigenvalue weighted by Crippen LogP contribution is 2.33. The first-order valence-corrected chi connectivity index (χ1v) is 12.0. The maximum atomic E-state index is 12.9. The van der Waals surface area contributed by atoms with E-state index < -0.39 is 0 Å². The van der Waals surface area contributed by atoms with Crippen LogP contribution in [0.2, 0.25) is 0 Å². The summed E-state index contributed by atoms with van der Waals surface area (Å²) in [5, 5.41) is 0. The molecule has 1 aliphatic heterocycles. The molecule has 33 heavy (non-hydrogen) atoms. The molecule has 1 amide bonds. The monoisotopic (exact) mass is 503 g/mol. The summed E-state index contributed by atoms with van der Waals surface area (Å²) in [5.41, 5.74) is 5.26. The molecule has 0 N–H and O–H groups in total. The smallest absolute Gasteiger partial charge is 0.227 e. The van der Waals surface area contributed by atoms with Gasteiger partial charge in [0.1, 0.15) is 18.2 Å². The average molecular weight is 504 g/mol. The Labute approximate surface area is 202 Å². The third-order valence-corrected chi connectivity index (χ3v) is 6.76. The molecule has 6 heteroatoms. The van der Waals surface area contributed by atoms with Gasteiger partial charge in [-0.15, -0.1) is 0 Å². The minimum Gasteiger partial charge on any atom is -0.491 e. The quantitative estimate of drug-likeness (QED) is 0.323. The number of amides is 1. The Hall–Kier alpha value is -3.12. The number of carbonyl (C=O) groups is 1. The van der Waals surface area contributed by atoms with Gasteiger partial charge < -0.3 is 14.2 Å². The number of imidazole rings is 1. The lowest BCUT2D eigenvalue weighted by Gasteiger charge is -2.18. The van der Waals surface area contributed by atoms with Crippen LogP contribution in [-0.2, 0) is 11.3 Å².